The van der Waals surface area contributed by atoms with E-state index in [4.69, 9.17) is 11.6 Å². The number of halogens is 1. The maximum absolute atomic E-state index is 12.8. The predicted octanol–water partition coefficient (Wildman–Crippen LogP) is 2.02. The van der Waals surface area contributed by atoms with Crippen molar-refractivity contribution in [1.82, 2.24) is 14.6 Å². The summed E-state index contributed by atoms with van der Waals surface area (Å²) in [6, 6.07) is 9.75. The molecule has 1 aromatic heterocycles. The Balaban J connectivity index is 1.91. The van der Waals surface area contributed by atoms with Crippen molar-refractivity contribution < 1.29 is 13.5 Å². The highest BCUT2D eigenvalue weighted by Crippen LogP contribution is 2.39. The lowest BCUT2D eigenvalue weighted by molar-refractivity contribution is -0.0349. The number of nitrogens with one attached hydrogen (secondary N) is 1. The molecule has 7 nitrogen and oxygen atoms in total. The Hall–Kier alpha value is -1.65. The van der Waals surface area contributed by atoms with Gasteiger partial charge in [-0.25, -0.2) is 13.1 Å². The first-order chi connectivity index (χ1) is 12.8. The molecule has 1 aromatic carbocycles. The normalized spacial score (nSPS) is 21.8. The van der Waals surface area contributed by atoms with Crippen LogP contribution >= 0.6 is 23.4 Å². The van der Waals surface area contributed by atoms with Crippen molar-refractivity contribution >= 4 is 38.6 Å². The number of hydrogen-bond acceptors (Lipinski definition) is 6. The summed E-state index contributed by atoms with van der Waals surface area (Å²) in [4.78, 5) is 9.75. The molecule has 0 bridgehead atoms. The molecule has 1 unspecified atom stereocenters. The van der Waals surface area contributed by atoms with Crippen LogP contribution in [0, 0.1) is 0 Å². The Morgan fingerprint density at radius 2 is 2.19 bits per heavy atom. The predicted molar refractivity (Wildman–Crippen MR) is 107 cm³/mol. The van der Waals surface area contributed by atoms with Gasteiger partial charge in [0.2, 0.25) is 10.0 Å². The van der Waals surface area contributed by atoms with Crippen LogP contribution in [0.15, 0.2) is 52.5 Å². The second-order valence-electron chi connectivity index (χ2n) is 5.96. The minimum Gasteiger partial charge on any atom is -0.366 e. The first-order valence-corrected chi connectivity index (χ1v) is 10.9. The average molecular weight is 427 g/mol. The smallest absolute Gasteiger partial charge is 0.242 e. The molecule has 1 saturated heterocycles. The fraction of sp³-hybridized carbons (Fsp3) is 0.294. The van der Waals surface area contributed by atoms with Crippen LogP contribution in [0.5, 0.6) is 0 Å². The molecule has 0 spiro atoms. The van der Waals surface area contributed by atoms with Crippen LogP contribution in [0.25, 0.3) is 0 Å². The zero-order chi connectivity index (χ0) is 19.7. The average Bonchev–Trinajstić information content (AvgIpc) is 2.96. The molecule has 1 aliphatic rings. The van der Waals surface area contributed by atoms with Gasteiger partial charge < -0.3 is 10.0 Å². The van der Waals surface area contributed by atoms with E-state index in [1.165, 1.54) is 23.9 Å². The van der Waals surface area contributed by atoms with Crippen LogP contribution in [0.2, 0.25) is 5.02 Å². The second kappa shape index (κ2) is 7.76. The number of rotatable bonds is 5. The van der Waals surface area contributed by atoms with Gasteiger partial charge in [0.25, 0.3) is 0 Å². The van der Waals surface area contributed by atoms with Crippen molar-refractivity contribution in [3.05, 3.63) is 58.9 Å². The van der Waals surface area contributed by atoms with Gasteiger partial charge in [-0.2, -0.15) is 0 Å². The molecule has 27 heavy (non-hydrogen) atoms. The molecular formula is C17H19ClN4O3S2. The van der Waals surface area contributed by atoms with Gasteiger partial charge in [-0.15, -0.1) is 0 Å². The largest absolute Gasteiger partial charge is 0.366 e. The van der Waals surface area contributed by atoms with Gasteiger partial charge in [-0.3, -0.25) is 9.98 Å². The van der Waals surface area contributed by atoms with Crippen molar-refractivity contribution in [1.29, 1.82) is 0 Å². The van der Waals surface area contributed by atoms with Crippen LogP contribution in [0.1, 0.15) is 11.3 Å². The highest BCUT2D eigenvalue weighted by Gasteiger charge is 2.43. The Bertz CT molecular complexity index is 969. The maximum Gasteiger partial charge on any atom is 0.242 e. The molecule has 0 radical (unpaired) electrons. The number of thioether (sulfide) groups is 1. The summed E-state index contributed by atoms with van der Waals surface area (Å²) in [5, 5.41) is 11.8. The van der Waals surface area contributed by atoms with E-state index in [1.54, 1.807) is 49.5 Å². The number of aliphatic imine (C=N–C) groups is 1. The molecule has 10 heteroatoms. The number of benzene rings is 1. The third-order valence-electron chi connectivity index (χ3n) is 4.29. The van der Waals surface area contributed by atoms with E-state index in [9.17, 15) is 13.5 Å². The monoisotopic (exact) mass is 426 g/mol. The van der Waals surface area contributed by atoms with Crippen molar-refractivity contribution in [3.63, 3.8) is 0 Å². The fourth-order valence-corrected chi connectivity index (χ4v) is 5.40. The van der Waals surface area contributed by atoms with Gasteiger partial charge in [0.05, 0.1) is 23.0 Å². The Morgan fingerprint density at radius 1 is 1.41 bits per heavy atom. The molecule has 2 heterocycles. The molecule has 144 valence electrons. The summed E-state index contributed by atoms with van der Waals surface area (Å²) in [5.41, 5.74) is -0.350. The van der Waals surface area contributed by atoms with Gasteiger partial charge >= 0.3 is 0 Å². The highest BCUT2D eigenvalue weighted by molar-refractivity contribution is 8.14. The quantitative estimate of drug-likeness (QED) is 0.759. The minimum atomic E-state index is -3.89. The first kappa shape index (κ1) is 20.1. The van der Waals surface area contributed by atoms with E-state index in [1.807, 2.05) is 0 Å². The number of aromatic nitrogens is 1. The molecule has 0 amide bonds. The van der Waals surface area contributed by atoms with E-state index in [0.29, 0.717) is 22.2 Å². The fourth-order valence-electron chi connectivity index (χ4n) is 2.72. The molecular weight excluding hydrogens is 408 g/mol. The van der Waals surface area contributed by atoms with E-state index in [2.05, 4.69) is 14.7 Å². The lowest BCUT2D eigenvalue weighted by atomic mass is 10.0. The van der Waals surface area contributed by atoms with E-state index < -0.39 is 15.7 Å². The standard InChI is InChI=1S/C17H19ClN4O3S2/c1-19-16-22(2)17(23,11-26-16)12-6-7-14(18)15(9-12)27(24,25)21-10-13-5-3-4-8-20-13/h3-9,21,23H,10-11H2,1-2H3/b19-16-. The SMILES string of the molecule is C/N=C1\SCC(O)(c2ccc(Cl)c(S(=O)(=O)NCc3ccccn3)c2)N1C. The van der Waals surface area contributed by atoms with Gasteiger partial charge in [-0.05, 0) is 24.3 Å². The molecule has 1 fully saturated rings. The summed E-state index contributed by atoms with van der Waals surface area (Å²) < 4.78 is 28.0. The third kappa shape index (κ3) is 3.97. The Kier molecular flexibility index (Phi) is 5.78. The Labute approximate surface area is 167 Å². The molecule has 2 N–H and O–H groups in total. The summed E-state index contributed by atoms with van der Waals surface area (Å²) in [6.07, 6.45) is 1.59. The Morgan fingerprint density at radius 3 is 2.81 bits per heavy atom. The molecule has 1 aliphatic heterocycles. The van der Waals surface area contributed by atoms with Crippen LogP contribution in [-0.4, -0.2) is 48.4 Å². The maximum atomic E-state index is 12.8. The molecule has 3 rings (SSSR count). The molecule has 1 atom stereocenters. The highest BCUT2D eigenvalue weighted by atomic mass is 35.5. The zero-order valence-electron chi connectivity index (χ0n) is 14.8. The lowest BCUT2D eigenvalue weighted by Gasteiger charge is -2.31. The van der Waals surface area contributed by atoms with E-state index in [0.717, 1.165) is 0 Å². The number of pyridine rings is 1. The van der Waals surface area contributed by atoms with Gasteiger partial charge in [-0.1, -0.05) is 35.5 Å². The van der Waals surface area contributed by atoms with Crippen LogP contribution in [0.3, 0.4) is 0 Å². The summed E-state index contributed by atoms with van der Waals surface area (Å²) >= 11 is 7.54. The van der Waals surface area contributed by atoms with E-state index >= 15 is 0 Å². The van der Waals surface area contributed by atoms with Gasteiger partial charge in [0.15, 0.2) is 10.9 Å². The van der Waals surface area contributed by atoms with Gasteiger partial charge in [0.1, 0.15) is 4.90 Å². The number of aliphatic hydroxyl groups is 1. The van der Waals surface area contributed by atoms with Crippen molar-refractivity contribution in [2.45, 2.75) is 17.2 Å². The minimum absolute atomic E-state index is 0.0381. The lowest BCUT2D eigenvalue weighted by Crippen LogP contribution is -2.42. The van der Waals surface area contributed by atoms with Gasteiger partial charge in [0, 0.05) is 25.9 Å². The number of hydrogen-bond donors (Lipinski definition) is 2. The molecule has 2 aromatic rings. The summed E-state index contributed by atoms with van der Waals surface area (Å²) in [5.74, 6) is 0.332. The number of sulfonamides is 1. The summed E-state index contributed by atoms with van der Waals surface area (Å²) in [6.45, 7) is 0.0381. The van der Waals surface area contributed by atoms with Crippen molar-refractivity contribution in [2.24, 2.45) is 4.99 Å². The van der Waals surface area contributed by atoms with Crippen LogP contribution in [-0.2, 0) is 22.3 Å². The topological polar surface area (TPSA) is 94.9 Å². The van der Waals surface area contributed by atoms with E-state index in [-0.39, 0.29) is 16.5 Å². The first-order valence-electron chi connectivity index (χ1n) is 8.03. The zero-order valence-corrected chi connectivity index (χ0v) is 17.1. The summed E-state index contributed by atoms with van der Waals surface area (Å²) in [7, 11) is -0.538. The number of nitrogens with zero attached hydrogens (tertiary/aromatic N) is 3. The molecule has 0 aliphatic carbocycles. The van der Waals surface area contributed by atoms with Crippen molar-refractivity contribution in [2.75, 3.05) is 19.8 Å². The third-order valence-corrected chi connectivity index (χ3v) is 7.43. The van der Waals surface area contributed by atoms with Crippen LogP contribution in [0.4, 0.5) is 0 Å². The van der Waals surface area contributed by atoms with Crippen molar-refractivity contribution in [3.8, 4) is 0 Å². The second-order valence-corrected chi connectivity index (χ2v) is 9.05. The number of amidine groups is 1. The molecule has 0 saturated carbocycles. The van der Waals surface area contributed by atoms with Crippen LogP contribution < -0.4 is 4.72 Å².